The number of benzene rings is 1. The van der Waals surface area contributed by atoms with Crippen LogP contribution in [-0.2, 0) is 10.2 Å². The third kappa shape index (κ3) is 4.15. The smallest absolute Gasteiger partial charge is 0.230 e. The van der Waals surface area contributed by atoms with E-state index < -0.39 is 5.41 Å². The highest BCUT2D eigenvalue weighted by Crippen LogP contribution is 2.22. The first-order valence-corrected chi connectivity index (χ1v) is 6.84. The Balaban J connectivity index is 2.61. The lowest BCUT2D eigenvalue weighted by Crippen LogP contribution is -2.40. The Morgan fingerprint density at radius 2 is 1.94 bits per heavy atom. The first kappa shape index (κ1) is 14.2. The van der Waals surface area contributed by atoms with Crippen molar-refractivity contribution in [1.82, 2.24) is 5.32 Å². The van der Waals surface area contributed by atoms with E-state index in [0.717, 1.165) is 12.0 Å². The highest BCUT2D eigenvalue weighted by Gasteiger charge is 2.28. The summed E-state index contributed by atoms with van der Waals surface area (Å²) >= 11 is 3.47. The third-order valence-corrected chi connectivity index (χ3v) is 3.35. The highest BCUT2D eigenvalue weighted by molar-refractivity contribution is 9.09. The Morgan fingerprint density at radius 3 is 2.47 bits per heavy atom. The molecule has 0 saturated heterocycles. The average Bonchev–Trinajstić information content (AvgIpc) is 2.29. The number of nitrogens with one attached hydrogen (secondary N) is 1. The van der Waals surface area contributed by atoms with Gasteiger partial charge in [-0.05, 0) is 25.8 Å². The maximum absolute atomic E-state index is 12.1. The summed E-state index contributed by atoms with van der Waals surface area (Å²) < 4.78 is 0. The summed E-state index contributed by atoms with van der Waals surface area (Å²) in [5.41, 5.74) is 0.570. The highest BCUT2D eigenvalue weighted by atomic mass is 79.9. The van der Waals surface area contributed by atoms with Crippen molar-refractivity contribution in [3.05, 3.63) is 35.9 Å². The van der Waals surface area contributed by atoms with Gasteiger partial charge < -0.3 is 5.32 Å². The van der Waals surface area contributed by atoms with E-state index in [1.165, 1.54) is 0 Å². The largest absolute Gasteiger partial charge is 0.355 e. The van der Waals surface area contributed by atoms with Crippen molar-refractivity contribution in [3.8, 4) is 0 Å². The molecule has 0 aliphatic carbocycles. The summed E-state index contributed by atoms with van der Waals surface area (Å²) in [5, 5.41) is 2.98. The summed E-state index contributed by atoms with van der Waals surface area (Å²) in [4.78, 5) is 12.6. The lowest BCUT2D eigenvalue weighted by atomic mass is 9.84. The maximum atomic E-state index is 12.1. The molecule has 2 nitrogen and oxygen atoms in total. The molecule has 0 aliphatic rings. The minimum absolute atomic E-state index is 0.0804. The molecule has 1 aromatic carbocycles. The molecule has 1 amide bonds. The number of rotatable bonds is 5. The standard InChI is InChI=1S/C14H20BrNO/c1-11(15)9-10-16-13(17)14(2,3)12-7-5-4-6-8-12/h4-8,11H,9-10H2,1-3H3,(H,16,17). The Labute approximate surface area is 112 Å². The molecule has 94 valence electrons. The summed E-state index contributed by atoms with van der Waals surface area (Å²) in [5.74, 6) is 0.0804. The molecule has 1 rings (SSSR count). The van der Waals surface area contributed by atoms with Crippen LogP contribution in [0.15, 0.2) is 30.3 Å². The summed E-state index contributed by atoms with van der Waals surface area (Å²) in [6.45, 7) is 6.69. The van der Waals surface area contributed by atoms with Crippen LogP contribution < -0.4 is 5.32 Å². The van der Waals surface area contributed by atoms with E-state index in [1.807, 2.05) is 44.2 Å². The second kappa shape index (κ2) is 6.20. The molecule has 0 aromatic heterocycles. The molecule has 1 unspecified atom stereocenters. The van der Waals surface area contributed by atoms with Gasteiger partial charge in [-0.25, -0.2) is 0 Å². The molecule has 0 spiro atoms. The first-order chi connectivity index (χ1) is 7.94. The van der Waals surface area contributed by atoms with Crippen LogP contribution in [0.3, 0.4) is 0 Å². The van der Waals surface area contributed by atoms with Crippen LogP contribution in [-0.4, -0.2) is 17.3 Å². The Morgan fingerprint density at radius 1 is 1.35 bits per heavy atom. The van der Waals surface area contributed by atoms with E-state index in [0.29, 0.717) is 11.4 Å². The molecular weight excluding hydrogens is 278 g/mol. The number of hydrogen-bond donors (Lipinski definition) is 1. The van der Waals surface area contributed by atoms with Crippen LogP contribution in [0.2, 0.25) is 0 Å². The number of hydrogen-bond acceptors (Lipinski definition) is 1. The van der Waals surface area contributed by atoms with Gasteiger partial charge in [0.25, 0.3) is 0 Å². The van der Waals surface area contributed by atoms with E-state index in [9.17, 15) is 4.79 Å². The van der Waals surface area contributed by atoms with Crippen LogP contribution >= 0.6 is 15.9 Å². The van der Waals surface area contributed by atoms with Gasteiger partial charge in [0.05, 0.1) is 5.41 Å². The fraction of sp³-hybridized carbons (Fsp3) is 0.500. The zero-order chi connectivity index (χ0) is 12.9. The molecule has 17 heavy (non-hydrogen) atoms. The van der Waals surface area contributed by atoms with Crippen LogP contribution in [0.5, 0.6) is 0 Å². The molecule has 1 aromatic rings. The average molecular weight is 298 g/mol. The predicted molar refractivity (Wildman–Crippen MR) is 75.5 cm³/mol. The monoisotopic (exact) mass is 297 g/mol. The SMILES string of the molecule is CC(Br)CCNC(=O)C(C)(C)c1ccccc1. The predicted octanol–water partition coefficient (Wildman–Crippen LogP) is 3.25. The van der Waals surface area contributed by atoms with Crippen molar-refractivity contribution in [2.45, 2.75) is 37.4 Å². The first-order valence-electron chi connectivity index (χ1n) is 5.92. The lowest BCUT2D eigenvalue weighted by Gasteiger charge is -2.24. The number of amides is 1. The molecule has 0 bridgehead atoms. The number of alkyl halides is 1. The van der Waals surface area contributed by atoms with E-state index in [4.69, 9.17) is 0 Å². The van der Waals surface area contributed by atoms with Crippen LogP contribution in [0, 0.1) is 0 Å². The zero-order valence-electron chi connectivity index (χ0n) is 10.7. The van der Waals surface area contributed by atoms with E-state index in [2.05, 4.69) is 28.2 Å². The van der Waals surface area contributed by atoms with Gasteiger partial charge in [-0.2, -0.15) is 0 Å². The minimum atomic E-state index is -0.475. The number of carbonyl (C=O) groups excluding carboxylic acids is 1. The fourth-order valence-electron chi connectivity index (χ4n) is 1.59. The van der Waals surface area contributed by atoms with Gasteiger partial charge in [0.1, 0.15) is 0 Å². The molecule has 3 heteroatoms. The van der Waals surface area contributed by atoms with Crippen LogP contribution in [0.25, 0.3) is 0 Å². The van der Waals surface area contributed by atoms with E-state index in [-0.39, 0.29) is 5.91 Å². The van der Waals surface area contributed by atoms with Crippen LogP contribution in [0.4, 0.5) is 0 Å². The molecular formula is C14H20BrNO. The molecule has 0 radical (unpaired) electrons. The summed E-state index contributed by atoms with van der Waals surface area (Å²) in [7, 11) is 0. The lowest BCUT2D eigenvalue weighted by molar-refractivity contribution is -0.125. The molecule has 1 N–H and O–H groups in total. The van der Waals surface area contributed by atoms with Crippen molar-refractivity contribution in [3.63, 3.8) is 0 Å². The second-order valence-electron chi connectivity index (χ2n) is 4.82. The van der Waals surface area contributed by atoms with Crippen molar-refractivity contribution < 1.29 is 4.79 Å². The summed E-state index contributed by atoms with van der Waals surface area (Å²) in [6.07, 6.45) is 0.941. The molecule has 0 aliphatic heterocycles. The second-order valence-corrected chi connectivity index (χ2v) is 6.38. The molecule has 0 heterocycles. The maximum Gasteiger partial charge on any atom is 0.230 e. The number of carbonyl (C=O) groups is 1. The van der Waals surface area contributed by atoms with Crippen molar-refractivity contribution in [2.24, 2.45) is 0 Å². The topological polar surface area (TPSA) is 29.1 Å². The van der Waals surface area contributed by atoms with Gasteiger partial charge in [0.2, 0.25) is 5.91 Å². The van der Waals surface area contributed by atoms with Gasteiger partial charge in [0, 0.05) is 11.4 Å². The van der Waals surface area contributed by atoms with E-state index in [1.54, 1.807) is 0 Å². The Hall–Kier alpha value is -0.830. The molecule has 0 fully saturated rings. The molecule has 0 saturated carbocycles. The van der Waals surface area contributed by atoms with Crippen LogP contribution in [0.1, 0.15) is 32.8 Å². The van der Waals surface area contributed by atoms with Gasteiger partial charge in [-0.15, -0.1) is 0 Å². The fourth-order valence-corrected chi connectivity index (χ4v) is 1.82. The quantitative estimate of drug-likeness (QED) is 0.831. The minimum Gasteiger partial charge on any atom is -0.355 e. The van der Waals surface area contributed by atoms with Gasteiger partial charge in [0.15, 0.2) is 0 Å². The Bertz CT molecular complexity index is 360. The van der Waals surface area contributed by atoms with Crippen molar-refractivity contribution in [1.29, 1.82) is 0 Å². The molecule has 1 atom stereocenters. The van der Waals surface area contributed by atoms with Gasteiger partial charge >= 0.3 is 0 Å². The van der Waals surface area contributed by atoms with Crippen molar-refractivity contribution >= 4 is 21.8 Å². The third-order valence-electron chi connectivity index (χ3n) is 2.89. The number of halogens is 1. The normalized spacial score (nSPS) is 13.2. The zero-order valence-corrected chi connectivity index (χ0v) is 12.3. The van der Waals surface area contributed by atoms with Crippen molar-refractivity contribution in [2.75, 3.05) is 6.54 Å². The summed E-state index contributed by atoms with van der Waals surface area (Å²) in [6, 6.07) is 9.87. The Kier molecular flexibility index (Phi) is 5.19. The van der Waals surface area contributed by atoms with Gasteiger partial charge in [-0.1, -0.05) is 53.2 Å². The van der Waals surface area contributed by atoms with E-state index >= 15 is 0 Å². The van der Waals surface area contributed by atoms with Gasteiger partial charge in [-0.3, -0.25) is 4.79 Å².